The maximum absolute atomic E-state index is 11.6. The number of aliphatic hydroxyl groups is 38. The normalized spacial score (nSPS) is 53.8. The minimum Gasteiger partial charge on any atom is -0.394 e. The van der Waals surface area contributed by atoms with Crippen LogP contribution in [0.5, 0.6) is 0 Å². The van der Waals surface area contributed by atoms with Crippen LogP contribution in [0.1, 0.15) is 0 Å². The Labute approximate surface area is 748 Å². The van der Waals surface area contributed by atoms with Gasteiger partial charge < -0.3 is 303 Å². The summed E-state index contributed by atoms with van der Waals surface area (Å²) < 4.78 is 129. The van der Waals surface area contributed by atoms with Crippen molar-refractivity contribution >= 4 is 0 Å². The highest BCUT2D eigenvalue weighted by atomic mass is 16.8. The third-order valence-corrected chi connectivity index (χ3v) is 25.1. The molecule has 12 aliphatic rings. The van der Waals surface area contributed by atoms with Crippen LogP contribution in [0, 0.1) is 0 Å². The van der Waals surface area contributed by atoms with Gasteiger partial charge in [0.05, 0.1) is 79.3 Å². The summed E-state index contributed by atoms with van der Waals surface area (Å²) in [5.74, 6) is 0. The monoisotopic (exact) mass is 1960 g/mol. The second-order valence-electron chi connectivity index (χ2n) is 33.6. The molecule has 0 aromatic rings. The summed E-state index contributed by atoms with van der Waals surface area (Å²) >= 11 is 0. The quantitative estimate of drug-likeness (QED) is 0.0284. The molecule has 0 saturated carbocycles. The molecule has 0 aliphatic carbocycles. The van der Waals surface area contributed by atoms with Crippen LogP contribution < -0.4 is 0 Å². The summed E-state index contributed by atoms with van der Waals surface area (Å²) in [4.78, 5) is 0. The fraction of sp³-hybridized carbons (Fsp3) is 1.00. The van der Waals surface area contributed by atoms with Gasteiger partial charge in [-0.15, -0.1) is 0 Å². The fourth-order valence-corrected chi connectivity index (χ4v) is 17.4. The van der Waals surface area contributed by atoms with Crippen molar-refractivity contribution in [2.45, 2.75) is 368 Å². The maximum Gasteiger partial charge on any atom is 0.187 e. The first-order chi connectivity index (χ1) is 63.2. The first-order valence-corrected chi connectivity index (χ1v) is 42.2. The average Bonchev–Trinajstić information content (AvgIpc) is 0.745. The van der Waals surface area contributed by atoms with E-state index in [1.54, 1.807) is 0 Å². The average molecular weight is 1960 g/mol. The zero-order chi connectivity index (χ0) is 97.4. The van der Waals surface area contributed by atoms with E-state index in [4.69, 9.17) is 109 Å². The van der Waals surface area contributed by atoms with Gasteiger partial charge in [-0.1, -0.05) is 0 Å². The molecule has 0 radical (unpaired) electrons. The van der Waals surface area contributed by atoms with Crippen molar-refractivity contribution in [3.63, 3.8) is 0 Å². The van der Waals surface area contributed by atoms with Crippen LogP contribution in [-0.2, 0) is 109 Å². The summed E-state index contributed by atoms with van der Waals surface area (Å²) in [6, 6.07) is 0. The molecule has 0 aromatic heterocycles. The van der Waals surface area contributed by atoms with E-state index in [9.17, 15) is 194 Å². The second-order valence-corrected chi connectivity index (χ2v) is 33.6. The molecule has 38 N–H and O–H groups in total. The Morgan fingerprint density at radius 1 is 0.113 bits per heavy atom. The van der Waals surface area contributed by atoms with Gasteiger partial charge in [-0.25, -0.2) is 0 Å². The lowest BCUT2D eigenvalue weighted by atomic mass is 9.95. The Kier molecular flexibility index (Phi) is 39.0. The summed E-state index contributed by atoms with van der Waals surface area (Å²) in [6.45, 7) is -13.1. The summed E-state index contributed by atoms with van der Waals surface area (Å²) in [7, 11) is 0. The fourth-order valence-electron chi connectivity index (χ4n) is 17.4. The van der Waals surface area contributed by atoms with Crippen LogP contribution >= 0.6 is 0 Å². The van der Waals surface area contributed by atoms with Gasteiger partial charge in [-0.2, -0.15) is 0 Å². The summed E-state index contributed by atoms with van der Waals surface area (Å²) in [6.07, 6.45) is -123. The molecule has 61 heteroatoms. The Bertz CT molecular complexity index is 3340. The van der Waals surface area contributed by atoms with Crippen molar-refractivity contribution in [1.82, 2.24) is 0 Å². The largest absolute Gasteiger partial charge is 0.394 e. The van der Waals surface area contributed by atoms with Crippen molar-refractivity contribution < 1.29 is 303 Å². The van der Waals surface area contributed by atoms with Gasteiger partial charge in [0, 0.05) is 0 Å². The van der Waals surface area contributed by atoms with E-state index in [1.165, 1.54) is 0 Å². The van der Waals surface area contributed by atoms with Crippen molar-refractivity contribution in [3.05, 3.63) is 0 Å². The molecule has 12 fully saturated rings. The van der Waals surface area contributed by atoms with E-state index >= 15 is 0 Å². The molecule has 0 aromatic carbocycles. The first-order valence-electron chi connectivity index (χ1n) is 42.2. The third kappa shape index (κ3) is 22.6. The van der Waals surface area contributed by atoms with Gasteiger partial charge >= 0.3 is 0 Å². The molecule has 133 heavy (non-hydrogen) atoms. The Morgan fingerprint density at radius 2 is 0.218 bits per heavy atom. The smallest absolute Gasteiger partial charge is 0.187 e. The number of ether oxygens (including phenoxy) is 23. The van der Waals surface area contributed by atoms with Gasteiger partial charge in [-0.3, -0.25) is 0 Å². The van der Waals surface area contributed by atoms with Crippen LogP contribution in [0.2, 0.25) is 0 Å². The Morgan fingerprint density at radius 3 is 0.346 bits per heavy atom. The minimum atomic E-state index is -2.36. The standard InChI is InChI=1S/C72H122O61/c73-1-13-25(85)26(86)39(99)62(112-13)124-51-15(3-75)114-64(41(101)28(51)88)126-53-17(5-77)116-66(43(103)30(53)90)128-55-19(7-79)118-68(45(105)32(55)92)130-57-21(9-81)120-70(47(107)34(57)94)132-59-23(11-83)122-72(49(109)36(59)96)133-60-24(12-84)121-71(48(108)37(60)97)131-58-22(10-82)119-69(46(106)35(58)95)129-56-20(8-80)117-67(44(104)33(56)93)127-54-18(6-78)115-65(42(102)31(54)91)125-52-16(4-76)113-63(40(100)29(52)89)123-50-14(2-74)111-61(110)38(98)27(50)87/h13-110H,1-12H2/t13-,14-,15-,16-,17-,18-,19-,20-,21-,22-,23-,24-,25-,26+,27-,28-,29-,30-,31-,32-,33-,34-,35-,36-,37-,38-,39-,40-,41-,42-,43-,44-,45-,46-,47-,48-,49-,50-,51-,52-,53-,54-,55-,56-,57-,58-,59-,60-,61?,62-,63-,64-,65-,66-,67-,68-,69-,70-,71-,72-/m1/s1. The molecule has 0 spiro atoms. The number of aliphatic hydroxyl groups excluding tert-OH is 38. The van der Waals surface area contributed by atoms with Crippen LogP contribution in [0.25, 0.3) is 0 Å². The van der Waals surface area contributed by atoms with Crippen LogP contribution in [0.15, 0.2) is 0 Å². The predicted molar refractivity (Wildman–Crippen MR) is 395 cm³/mol. The van der Waals surface area contributed by atoms with Crippen molar-refractivity contribution in [2.24, 2.45) is 0 Å². The van der Waals surface area contributed by atoms with E-state index in [-0.39, 0.29) is 0 Å². The van der Waals surface area contributed by atoms with Crippen LogP contribution in [-0.4, -0.2) is 642 Å². The molecule has 776 valence electrons. The molecular formula is C72H122O61. The third-order valence-electron chi connectivity index (χ3n) is 25.1. The number of rotatable bonds is 34. The lowest BCUT2D eigenvalue weighted by molar-refractivity contribution is -0.401. The van der Waals surface area contributed by atoms with Crippen molar-refractivity contribution in [3.8, 4) is 0 Å². The van der Waals surface area contributed by atoms with E-state index in [2.05, 4.69) is 0 Å². The number of hydrogen-bond donors (Lipinski definition) is 38. The van der Waals surface area contributed by atoms with Gasteiger partial charge in [0.2, 0.25) is 0 Å². The zero-order valence-electron chi connectivity index (χ0n) is 69.5. The van der Waals surface area contributed by atoms with Gasteiger partial charge in [-0.05, 0) is 0 Å². The predicted octanol–water partition coefficient (Wildman–Crippen LogP) is -27.2. The number of hydrogen-bond acceptors (Lipinski definition) is 61. The molecule has 0 amide bonds. The Hall–Kier alpha value is -2.44. The Balaban J connectivity index is 0.602. The highest BCUT2D eigenvalue weighted by Gasteiger charge is 2.63. The van der Waals surface area contributed by atoms with E-state index < -0.39 is 448 Å². The minimum absolute atomic E-state index is 0.879. The van der Waals surface area contributed by atoms with Gasteiger partial charge in [0.1, 0.15) is 293 Å². The molecule has 61 nitrogen and oxygen atoms in total. The molecule has 12 heterocycles. The lowest BCUT2D eigenvalue weighted by Gasteiger charge is -2.50. The highest BCUT2D eigenvalue weighted by Crippen LogP contribution is 2.43. The molecule has 12 rings (SSSR count). The summed E-state index contributed by atoms with van der Waals surface area (Å²) in [5, 5.41) is 413. The molecule has 60 atom stereocenters. The van der Waals surface area contributed by atoms with Crippen LogP contribution in [0.4, 0.5) is 0 Å². The first kappa shape index (κ1) is 109. The molecular weight excluding hydrogens is 1840 g/mol. The van der Waals surface area contributed by atoms with Crippen molar-refractivity contribution in [1.29, 1.82) is 0 Å². The summed E-state index contributed by atoms with van der Waals surface area (Å²) in [5.41, 5.74) is 0. The van der Waals surface area contributed by atoms with Crippen LogP contribution in [0.3, 0.4) is 0 Å². The molecule has 0 bridgehead atoms. The molecule has 12 saturated heterocycles. The van der Waals surface area contributed by atoms with Gasteiger partial charge in [0.15, 0.2) is 75.5 Å². The van der Waals surface area contributed by atoms with Gasteiger partial charge in [0.25, 0.3) is 0 Å². The highest BCUT2D eigenvalue weighted by molar-refractivity contribution is 5.05. The zero-order valence-corrected chi connectivity index (χ0v) is 69.5. The molecule has 12 aliphatic heterocycles. The SMILES string of the molecule is OC[C@H]1O[C@H](O[C@H]2[C@H](O)[C@@H](O)[C@@H](O[C@H]3[C@H](O)[C@@H](O)[C@@H](O[C@H]4[C@H](O)[C@@H](O)[C@@H](O[C@H]5[C@H](O)[C@@H](O)[C@@H](O[C@H]6[C@H](O)[C@@H](O)[C@@H](O[C@H]7[C@H](O)[C@@H](O)[C@@H](O[C@H]8[C@H](O)[C@@H](O)[C@@H](O[C@H]9[C@H](O)[C@@H](O)[C@@H](O[C@H]%10[C@H](O)[C@@H](O)[C@@H](O[C@H]%11[C@H](O)[C@@H](O)[C@@H](O[C@H]%12[C@H](O)[C@@H](O)C(O)O[C@@H]%12CO)O[C@@H]%11CO)O[C@@H]%10CO)O[C@@H]9CO)O[C@@H]8CO)O[C@@H]7CO)O[C@@H]6CO)O[C@@H]5CO)O[C@@H]4CO)O[C@@H]3CO)O[C@@H]2CO)[C@H](O)[C@@H](O)[C@@H]1O. The maximum atomic E-state index is 11.6. The van der Waals surface area contributed by atoms with E-state index in [0.29, 0.717) is 0 Å². The van der Waals surface area contributed by atoms with E-state index in [1.807, 2.05) is 0 Å². The molecule has 1 unspecified atom stereocenters. The van der Waals surface area contributed by atoms with E-state index in [0.717, 1.165) is 0 Å². The lowest BCUT2D eigenvalue weighted by Crippen LogP contribution is -2.69. The topological polar surface area (TPSA) is 981 Å². The second kappa shape index (κ2) is 47.4. The van der Waals surface area contributed by atoms with Crippen molar-refractivity contribution in [2.75, 3.05) is 79.3 Å².